The van der Waals surface area contributed by atoms with Crippen LogP contribution in [0.1, 0.15) is 18.4 Å². The summed E-state index contributed by atoms with van der Waals surface area (Å²) in [5, 5.41) is 3.19. The quantitative estimate of drug-likeness (QED) is 0.847. The fourth-order valence-corrected chi connectivity index (χ4v) is 3.23. The van der Waals surface area contributed by atoms with E-state index in [2.05, 4.69) is 10.0 Å². The summed E-state index contributed by atoms with van der Waals surface area (Å²) in [6, 6.07) is 6.93. The molecule has 2 N–H and O–H groups in total. The molecule has 1 aliphatic rings. The summed E-state index contributed by atoms with van der Waals surface area (Å²) < 4.78 is 26.9. The molecule has 1 heterocycles. The van der Waals surface area contributed by atoms with Crippen molar-refractivity contribution in [2.24, 2.45) is 0 Å². The number of nitrogens with one attached hydrogen (secondary N) is 2. The minimum atomic E-state index is -3.37. The summed E-state index contributed by atoms with van der Waals surface area (Å²) in [7, 11) is -3.37. The molecule has 0 unspecified atom stereocenters. The minimum Gasteiger partial charge on any atom is -0.315 e. The first-order valence-corrected chi connectivity index (χ1v) is 7.36. The van der Waals surface area contributed by atoms with Crippen molar-refractivity contribution in [3.05, 3.63) is 29.8 Å². The van der Waals surface area contributed by atoms with Crippen molar-refractivity contribution < 1.29 is 8.42 Å². The fourth-order valence-electron chi connectivity index (χ4n) is 1.96. The molecule has 17 heavy (non-hydrogen) atoms. The maximum atomic E-state index is 12.1. The summed E-state index contributed by atoms with van der Waals surface area (Å²) in [5.74, 6) is 0. The van der Waals surface area contributed by atoms with E-state index >= 15 is 0 Å². The molecule has 0 saturated carbocycles. The van der Waals surface area contributed by atoms with E-state index in [4.69, 9.17) is 0 Å². The molecule has 0 aliphatic carbocycles. The van der Waals surface area contributed by atoms with Crippen molar-refractivity contribution >= 4 is 10.0 Å². The van der Waals surface area contributed by atoms with E-state index in [1.165, 1.54) is 0 Å². The lowest BCUT2D eigenvalue weighted by Gasteiger charge is -2.23. The van der Waals surface area contributed by atoms with Gasteiger partial charge in [0.1, 0.15) is 0 Å². The van der Waals surface area contributed by atoms with E-state index in [0.717, 1.165) is 24.9 Å². The number of hydrogen-bond acceptors (Lipinski definition) is 3. The predicted octanol–water partition coefficient (Wildman–Crippen LogP) is 1.03. The second kappa shape index (κ2) is 5.16. The van der Waals surface area contributed by atoms with Crippen LogP contribution in [0, 0.1) is 6.92 Å². The molecule has 1 atom stereocenters. The lowest BCUT2D eigenvalue weighted by molar-refractivity contribution is 0.428. The van der Waals surface area contributed by atoms with Crippen LogP contribution in [-0.2, 0) is 10.0 Å². The standard InChI is InChI=1S/C12H18N2O2S/c1-10-4-6-12(7-5-10)17(15,16)14-11-3-2-8-13-9-11/h4-7,11,13-14H,2-3,8-9H2,1H3/t11-/m1/s1. The van der Waals surface area contributed by atoms with Crippen molar-refractivity contribution in [2.75, 3.05) is 13.1 Å². The minimum absolute atomic E-state index is 0.00931. The molecule has 5 heteroatoms. The Hall–Kier alpha value is -0.910. The zero-order chi connectivity index (χ0) is 12.3. The van der Waals surface area contributed by atoms with Crippen LogP contribution in [0.2, 0.25) is 0 Å². The van der Waals surface area contributed by atoms with E-state index in [0.29, 0.717) is 11.4 Å². The van der Waals surface area contributed by atoms with Crippen molar-refractivity contribution in [1.29, 1.82) is 0 Å². The Morgan fingerprint density at radius 1 is 1.29 bits per heavy atom. The molecule has 0 radical (unpaired) electrons. The van der Waals surface area contributed by atoms with Crippen molar-refractivity contribution in [3.8, 4) is 0 Å². The van der Waals surface area contributed by atoms with Crippen LogP contribution in [-0.4, -0.2) is 27.5 Å². The molecule has 0 aromatic heterocycles. The molecule has 2 rings (SSSR count). The maximum Gasteiger partial charge on any atom is 0.240 e. The first kappa shape index (κ1) is 12.5. The third kappa shape index (κ3) is 3.28. The molecule has 0 amide bonds. The molecular formula is C12H18N2O2S. The maximum absolute atomic E-state index is 12.1. The van der Waals surface area contributed by atoms with E-state index < -0.39 is 10.0 Å². The monoisotopic (exact) mass is 254 g/mol. The average molecular weight is 254 g/mol. The predicted molar refractivity (Wildman–Crippen MR) is 67.4 cm³/mol. The number of sulfonamides is 1. The van der Waals surface area contributed by atoms with Gasteiger partial charge >= 0.3 is 0 Å². The van der Waals surface area contributed by atoms with Gasteiger partial charge in [-0.3, -0.25) is 0 Å². The zero-order valence-corrected chi connectivity index (χ0v) is 10.8. The first-order chi connectivity index (χ1) is 8.08. The molecule has 0 bridgehead atoms. The number of piperidine rings is 1. The number of rotatable bonds is 3. The first-order valence-electron chi connectivity index (χ1n) is 5.88. The number of benzene rings is 1. The van der Waals surface area contributed by atoms with Gasteiger partial charge in [-0.2, -0.15) is 0 Å². The van der Waals surface area contributed by atoms with Crippen LogP contribution in [0.15, 0.2) is 29.2 Å². The third-order valence-electron chi connectivity index (χ3n) is 2.95. The normalized spacial score (nSPS) is 21.4. The highest BCUT2D eigenvalue weighted by molar-refractivity contribution is 7.89. The molecule has 1 saturated heterocycles. The molecule has 0 spiro atoms. The third-order valence-corrected chi connectivity index (χ3v) is 4.49. The van der Waals surface area contributed by atoms with Gasteiger partial charge in [0.05, 0.1) is 4.90 Å². The van der Waals surface area contributed by atoms with E-state index in [9.17, 15) is 8.42 Å². The second-order valence-electron chi connectivity index (χ2n) is 4.48. The van der Waals surface area contributed by atoms with Crippen molar-refractivity contribution in [1.82, 2.24) is 10.0 Å². The Labute approximate surface area is 102 Å². The van der Waals surface area contributed by atoms with Crippen molar-refractivity contribution in [3.63, 3.8) is 0 Å². The Morgan fingerprint density at radius 3 is 2.59 bits per heavy atom. The summed E-state index contributed by atoms with van der Waals surface area (Å²) in [6.45, 7) is 3.63. The largest absolute Gasteiger partial charge is 0.315 e. The highest BCUT2D eigenvalue weighted by Gasteiger charge is 2.21. The summed E-state index contributed by atoms with van der Waals surface area (Å²) in [6.07, 6.45) is 1.92. The smallest absolute Gasteiger partial charge is 0.240 e. The van der Waals surface area contributed by atoms with Gasteiger partial charge in [-0.05, 0) is 38.4 Å². The van der Waals surface area contributed by atoms with Gasteiger partial charge in [0.15, 0.2) is 0 Å². The van der Waals surface area contributed by atoms with E-state index in [1.807, 2.05) is 19.1 Å². The number of aryl methyl sites for hydroxylation is 1. The SMILES string of the molecule is Cc1ccc(S(=O)(=O)N[C@@H]2CCCNC2)cc1. The topological polar surface area (TPSA) is 58.2 Å². The Kier molecular flexibility index (Phi) is 3.81. The lowest BCUT2D eigenvalue weighted by atomic mass is 10.1. The molecule has 4 nitrogen and oxygen atoms in total. The summed E-state index contributed by atoms with van der Waals surface area (Å²) in [5.41, 5.74) is 1.06. The van der Waals surface area contributed by atoms with Crippen molar-refractivity contribution in [2.45, 2.75) is 30.7 Å². The van der Waals surface area contributed by atoms with E-state index in [-0.39, 0.29) is 6.04 Å². The molecule has 94 valence electrons. The van der Waals surface area contributed by atoms with Gasteiger partial charge in [0.25, 0.3) is 0 Å². The molecule has 1 aromatic rings. The molecular weight excluding hydrogens is 236 g/mol. The van der Waals surface area contributed by atoms with Crippen LogP contribution in [0.5, 0.6) is 0 Å². The Morgan fingerprint density at radius 2 is 2.00 bits per heavy atom. The highest BCUT2D eigenvalue weighted by Crippen LogP contribution is 2.12. The van der Waals surface area contributed by atoms with Gasteiger partial charge in [0, 0.05) is 12.6 Å². The van der Waals surface area contributed by atoms with Crippen LogP contribution in [0.3, 0.4) is 0 Å². The zero-order valence-electron chi connectivity index (χ0n) is 9.94. The van der Waals surface area contributed by atoms with Gasteiger partial charge in [0.2, 0.25) is 10.0 Å². The second-order valence-corrected chi connectivity index (χ2v) is 6.19. The van der Waals surface area contributed by atoms with Crippen LogP contribution in [0.4, 0.5) is 0 Å². The van der Waals surface area contributed by atoms with Gasteiger partial charge in [-0.25, -0.2) is 13.1 Å². The van der Waals surface area contributed by atoms with Gasteiger partial charge in [-0.15, -0.1) is 0 Å². The van der Waals surface area contributed by atoms with Gasteiger partial charge in [-0.1, -0.05) is 17.7 Å². The molecule has 1 fully saturated rings. The van der Waals surface area contributed by atoms with Gasteiger partial charge < -0.3 is 5.32 Å². The summed E-state index contributed by atoms with van der Waals surface area (Å²) in [4.78, 5) is 0.341. The average Bonchev–Trinajstić information content (AvgIpc) is 2.30. The molecule has 1 aromatic carbocycles. The number of hydrogen-bond donors (Lipinski definition) is 2. The summed E-state index contributed by atoms with van der Waals surface area (Å²) >= 11 is 0. The van der Waals surface area contributed by atoms with Crippen LogP contribution in [0.25, 0.3) is 0 Å². The van der Waals surface area contributed by atoms with Crippen LogP contribution < -0.4 is 10.0 Å². The highest BCUT2D eigenvalue weighted by atomic mass is 32.2. The fraction of sp³-hybridized carbons (Fsp3) is 0.500. The van der Waals surface area contributed by atoms with Crippen LogP contribution >= 0.6 is 0 Å². The Bertz CT molecular complexity index is 462. The molecule has 1 aliphatic heterocycles. The Balaban J connectivity index is 2.10. The lowest BCUT2D eigenvalue weighted by Crippen LogP contribution is -2.45. The van der Waals surface area contributed by atoms with E-state index in [1.54, 1.807) is 12.1 Å².